The molecule has 0 bridgehead atoms. The number of nitrogen functional groups attached to an aromatic ring is 1. The van der Waals surface area contributed by atoms with E-state index in [0.29, 0.717) is 5.69 Å². The fourth-order valence-corrected chi connectivity index (χ4v) is 2.21. The first kappa shape index (κ1) is 8.77. The molecule has 3 heteroatoms. The maximum atomic E-state index is 12.0. The first-order valence-electron chi connectivity index (χ1n) is 5.42. The summed E-state index contributed by atoms with van der Waals surface area (Å²) in [5.74, 6) is 0.861. The van der Waals surface area contributed by atoms with Gasteiger partial charge in [-0.25, -0.2) is 0 Å². The number of carbonyl (C=O) groups is 1. The molecule has 0 unspecified atom stereocenters. The number of benzene rings is 1. The SMILES string of the molecule is Nc1cccc2c1C(=O)N(CC1CC1)C2. The fraction of sp³-hybridized carbons (Fsp3) is 0.417. The number of amides is 1. The lowest BCUT2D eigenvalue weighted by Gasteiger charge is -2.14. The number of nitrogens with zero attached hydrogens (tertiary/aromatic N) is 1. The average Bonchev–Trinajstić information content (AvgIpc) is 2.94. The van der Waals surface area contributed by atoms with Gasteiger partial charge in [0, 0.05) is 18.8 Å². The zero-order chi connectivity index (χ0) is 10.4. The summed E-state index contributed by atoms with van der Waals surface area (Å²) in [6, 6.07) is 5.72. The van der Waals surface area contributed by atoms with Gasteiger partial charge in [-0.1, -0.05) is 12.1 Å². The number of rotatable bonds is 2. The van der Waals surface area contributed by atoms with Crippen LogP contribution in [-0.4, -0.2) is 17.4 Å². The van der Waals surface area contributed by atoms with Crippen molar-refractivity contribution in [3.8, 4) is 0 Å². The summed E-state index contributed by atoms with van der Waals surface area (Å²) in [5.41, 5.74) is 8.26. The molecule has 15 heavy (non-hydrogen) atoms. The van der Waals surface area contributed by atoms with Crippen LogP contribution in [0.15, 0.2) is 18.2 Å². The number of carbonyl (C=O) groups excluding carboxylic acids is 1. The molecule has 1 aromatic carbocycles. The summed E-state index contributed by atoms with van der Waals surface area (Å²) in [6.07, 6.45) is 2.55. The monoisotopic (exact) mass is 202 g/mol. The predicted molar refractivity (Wildman–Crippen MR) is 58.3 cm³/mol. The number of anilines is 1. The van der Waals surface area contributed by atoms with Gasteiger partial charge >= 0.3 is 0 Å². The minimum absolute atomic E-state index is 0.120. The van der Waals surface area contributed by atoms with Gasteiger partial charge in [-0.05, 0) is 30.4 Å². The van der Waals surface area contributed by atoms with Gasteiger partial charge in [0.25, 0.3) is 5.91 Å². The van der Waals surface area contributed by atoms with E-state index in [1.165, 1.54) is 12.8 Å². The molecule has 1 saturated carbocycles. The van der Waals surface area contributed by atoms with E-state index in [1.807, 2.05) is 17.0 Å². The molecule has 3 nitrogen and oxygen atoms in total. The fourth-order valence-electron chi connectivity index (χ4n) is 2.21. The Labute approximate surface area is 88.9 Å². The third kappa shape index (κ3) is 1.39. The molecule has 0 aromatic heterocycles. The van der Waals surface area contributed by atoms with E-state index in [1.54, 1.807) is 6.07 Å². The second-order valence-electron chi connectivity index (χ2n) is 4.51. The molecular weight excluding hydrogens is 188 g/mol. The Kier molecular flexibility index (Phi) is 1.75. The average molecular weight is 202 g/mol. The molecule has 2 aliphatic rings. The van der Waals surface area contributed by atoms with Crippen LogP contribution in [0.5, 0.6) is 0 Å². The van der Waals surface area contributed by atoms with E-state index < -0.39 is 0 Å². The van der Waals surface area contributed by atoms with Crippen LogP contribution >= 0.6 is 0 Å². The molecule has 0 spiro atoms. The van der Waals surface area contributed by atoms with Crippen LogP contribution in [0, 0.1) is 5.92 Å². The van der Waals surface area contributed by atoms with E-state index in [-0.39, 0.29) is 5.91 Å². The molecular formula is C12H14N2O. The van der Waals surface area contributed by atoms with Crippen LogP contribution in [0.3, 0.4) is 0 Å². The molecule has 1 aromatic rings. The summed E-state index contributed by atoms with van der Waals surface area (Å²) >= 11 is 0. The minimum Gasteiger partial charge on any atom is -0.398 e. The van der Waals surface area contributed by atoms with Crippen LogP contribution in [0.25, 0.3) is 0 Å². The van der Waals surface area contributed by atoms with Gasteiger partial charge in [0.1, 0.15) is 0 Å². The maximum absolute atomic E-state index is 12.0. The third-order valence-corrected chi connectivity index (χ3v) is 3.22. The molecule has 1 fully saturated rings. The van der Waals surface area contributed by atoms with Crippen LogP contribution in [0.2, 0.25) is 0 Å². The van der Waals surface area contributed by atoms with Gasteiger partial charge < -0.3 is 10.6 Å². The van der Waals surface area contributed by atoms with Gasteiger partial charge in [0.05, 0.1) is 5.56 Å². The van der Waals surface area contributed by atoms with Crippen LogP contribution < -0.4 is 5.73 Å². The lowest BCUT2D eigenvalue weighted by Crippen LogP contribution is -2.26. The van der Waals surface area contributed by atoms with Crippen molar-refractivity contribution in [1.29, 1.82) is 0 Å². The Balaban J connectivity index is 1.90. The highest BCUT2D eigenvalue weighted by Crippen LogP contribution is 2.34. The highest BCUT2D eigenvalue weighted by molar-refractivity contribution is 6.03. The van der Waals surface area contributed by atoms with Crippen LogP contribution in [-0.2, 0) is 6.54 Å². The topological polar surface area (TPSA) is 46.3 Å². The summed E-state index contributed by atoms with van der Waals surface area (Å²) in [5, 5.41) is 0. The summed E-state index contributed by atoms with van der Waals surface area (Å²) < 4.78 is 0. The first-order chi connectivity index (χ1) is 7.25. The number of nitrogens with two attached hydrogens (primary N) is 1. The third-order valence-electron chi connectivity index (χ3n) is 3.22. The van der Waals surface area contributed by atoms with Crippen molar-refractivity contribution >= 4 is 11.6 Å². The Morgan fingerprint density at radius 3 is 2.87 bits per heavy atom. The molecule has 3 rings (SSSR count). The van der Waals surface area contributed by atoms with Crippen LogP contribution in [0.4, 0.5) is 5.69 Å². The largest absolute Gasteiger partial charge is 0.398 e. The van der Waals surface area contributed by atoms with Crippen molar-refractivity contribution in [2.24, 2.45) is 5.92 Å². The van der Waals surface area contributed by atoms with Crippen LogP contribution in [0.1, 0.15) is 28.8 Å². The van der Waals surface area contributed by atoms with Crippen molar-refractivity contribution in [2.75, 3.05) is 12.3 Å². The standard InChI is InChI=1S/C12H14N2O/c13-10-3-1-2-9-7-14(6-8-4-5-8)12(15)11(9)10/h1-3,8H,4-7,13H2. The smallest absolute Gasteiger partial charge is 0.256 e. The molecule has 0 radical (unpaired) electrons. The molecule has 1 aliphatic carbocycles. The van der Waals surface area contributed by atoms with Gasteiger partial charge in [0.2, 0.25) is 0 Å². The Morgan fingerprint density at radius 2 is 2.20 bits per heavy atom. The second kappa shape index (κ2) is 2.99. The first-order valence-corrected chi connectivity index (χ1v) is 5.42. The molecule has 1 amide bonds. The zero-order valence-electron chi connectivity index (χ0n) is 8.57. The number of hydrogen-bond donors (Lipinski definition) is 1. The minimum atomic E-state index is 0.120. The molecule has 0 saturated heterocycles. The van der Waals surface area contributed by atoms with Crippen molar-refractivity contribution < 1.29 is 4.79 Å². The quantitative estimate of drug-likeness (QED) is 0.741. The Morgan fingerprint density at radius 1 is 1.40 bits per heavy atom. The summed E-state index contributed by atoms with van der Waals surface area (Å²) in [4.78, 5) is 14.0. The maximum Gasteiger partial charge on any atom is 0.256 e. The van der Waals surface area contributed by atoms with Crippen molar-refractivity contribution in [3.05, 3.63) is 29.3 Å². The molecule has 1 heterocycles. The Hall–Kier alpha value is -1.51. The Bertz CT molecular complexity index is 424. The zero-order valence-corrected chi connectivity index (χ0v) is 8.57. The molecule has 78 valence electrons. The van der Waals surface area contributed by atoms with Crippen molar-refractivity contribution in [1.82, 2.24) is 4.90 Å². The predicted octanol–water partition coefficient (Wildman–Crippen LogP) is 1.63. The van der Waals surface area contributed by atoms with E-state index in [9.17, 15) is 4.79 Å². The van der Waals surface area contributed by atoms with Gasteiger partial charge in [0.15, 0.2) is 0 Å². The molecule has 2 N–H and O–H groups in total. The summed E-state index contributed by atoms with van der Waals surface area (Å²) in [7, 11) is 0. The van der Waals surface area contributed by atoms with Gasteiger partial charge in [-0.2, -0.15) is 0 Å². The summed E-state index contributed by atoms with van der Waals surface area (Å²) in [6.45, 7) is 1.66. The van der Waals surface area contributed by atoms with E-state index in [2.05, 4.69) is 0 Å². The van der Waals surface area contributed by atoms with Crippen molar-refractivity contribution in [2.45, 2.75) is 19.4 Å². The second-order valence-corrected chi connectivity index (χ2v) is 4.51. The lowest BCUT2D eigenvalue weighted by atomic mass is 10.1. The lowest BCUT2D eigenvalue weighted by molar-refractivity contribution is 0.0772. The van der Waals surface area contributed by atoms with Gasteiger partial charge in [-0.3, -0.25) is 4.79 Å². The molecule has 1 aliphatic heterocycles. The normalized spacial score (nSPS) is 19.5. The van der Waals surface area contributed by atoms with E-state index in [0.717, 1.165) is 30.1 Å². The highest BCUT2D eigenvalue weighted by Gasteiger charge is 2.33. The van der Waals surface area contributed by atoms with E-state index >= 15 is 0 Å². The van der Waals surface area contributed by atoms with Gasteiger partial charge in [-0.15, -0.1) is 0 Å². The number of hydrogen-bond acceptors (Lipinski definition) is 2. The van der Waals surface area contributed by atoms with E-state index in [4.69, 9.17) is 5.73 Å². The highest BCUT2D eigenvalue weighted by atomic mass is 16.2. The van der Waals surface area contributed by atoms with Crippen molar-refractivity contribution in [3.63, 3.8) is 0 Å². The number of fused-ring (bicyclic) bond motifs is 1. The molecule has 0 atom stereocenters.